The Labute approximate surface area is 196 Å². The number of nitrogens with zero attached hydrogens (tertiary/aromatic N) is 5. The van der Waals surface area contributed by atoms with Crippen molar-refractivity contribution in [2.45, 2.75) is 25.3 Å². The maximum Gasteiger partial charge on any atom is 0.228 e. The maximum absolute atomic E-state index is 12.5. The van der Waals surface area contributed by atoms with E-state index in [2.05, 4.69) is 10.3 Å². The molecule has 1 atom stereocenters. The zero-order chi connectivity index (χ0) is 22.5. The Balaban J connectivity index is 1.59. The van der Waals surface area contributed by atoms with Crippen LogP contribution in [0.5, 0.6) is 0 Å². The van der Waals surface area contributed by atoms with Gasteiger partial charge < -0.3 is 4.90 Å². The summed E-state index contributed by atoms with van der Waals surface area (Å²) in [7, 11) is 0. The minimum absolute atomic E-state index is 0.115. The number of carbonyl (C=O) groups excluding carboxylic acids is 1. The highest BCUT2D eigenvalue weighted by atomic mass is 35.5. The lowest BCUT2D eigenvalue weighted by Gasteiger charge is -2.25. The quantitative estimate of drug-likeness (QED) is 0.314. The molecule has 0 bridgehead atoms. The molecule has 7 nitrogen and oxygen atoms in total. The topological polar surface area (TPSA) is 84.1 Å². The molecular formula is C23H22Cl2N6O. The molecule has 9 heteroatoms. The molecule has 2 aliphatic heterocycles. The molecule has 0 aromatic heterocycles. The highest BCUT2D eigenvalue weighted by Gasteiger charge is 2.38. The summed E-state index contributed by atoms with van der Waals surface area (Å²) in [5, 5.41) is 19.7. The molecule has 164 valence electrons. The molecule has 2 aromatic rings. The first-order chi connectivity index (χ1) is 15.6. The number of benzene rings is 2. The molecule has 0 saturated carbocycles. The van der Waals surface area contributed by atoms with E-state index in [1.807, 2.05) is 47.5 Å². The Hall–Kier alpha value is -3.08. The summed E-state index contributed by atoms with van der Waals surface area (Å²) in [5.74, 6) is 0.462. The molecule has 1 N–H and O–H groups in total. The van der Waals surface area contributed by atoms with Crippen molar-refractivity contribution in [2.24, 2.45) is 10.1 Å². The summed E-state index contributed by atoms with van der Waals surface area (Å²) in [6.45, 7) is 1.54. The fourth-order valence-corrected chi connectivity index (χ4v) is 4.31. The first-order valence-electron chi connectivity index (χ1n) is 10.4. The van der Waals surface area contributed by atoms with Gasteiger partial charge in [-0.05, 0) is 36.6 Å². The number of carbonyl (C=O) groups is 1. The first kappa shape index (κ1) is 22.1. The van der Waals surface area contributed by atoms with Gasteiger partial charge in [0, 0.05) is 35.1 Å². The molecule has 32 heavy (non-hydrogen) atoms. The van der Waals surface area contributed by atoms with Gasteiger partial charge in [0.1, 0.15) is 0 Å². The van der Waals surface area contributed by atoms with Gasteiger partial charge in [-0.1, -0.05) is 53.5 Å². The minimum Gasteiger partial charge on any atom is -0.332 e. The van der Waals surface area contributed by atoms with Crippen LogP contribution in [0.4, 0.5) is 0 Å². The summed E-state index contributed by atoms with van der Waals surface area (Å²) >= 11 is 12.3. The number of rotatable bonds is 5. The second-order valence-corrected chi connectivity index (χ2v) is 8.41. The summed E-state index contributed by atoms with van der Waals surface area (Å²) in [4.78, 5) is 18.9. The Kier molecular flexibility index (Phi) is 6.93. The van der Waals surface area contributed by atoms with Crippen molar-refractivity contribution in [3.63, 3.8) is 0 Å². The second kappa shape index (κ2) is 10.0. The molecule has 0 aliphatic carbocycles. The number of aliphatic imine (C=N–C) groups is 1. The molecule has 1 saturated heterocycles. The Bertz CT molecular complexity index is 1090. The smallest absolute Gasteiger partial charge is 0.228 e. The van der Waals surface area contributed by atoms with E-state index < -0.39 is 0 Å². The lowest BCUT2D eigenvalue weighted by molar-refractivity contribution is -0.128. The third-order valence-corrected chi connectivity index (χ3v) is 6.15. The predicted molar refractivity (Wildman–Crippen MR) is 126 cm³/mol. The van der Waals surface area contributed by atoms with Crippen LogP contribution in [0.2, 0.25) is 10.0 Å². The van der Waals surface area contributed by atoms with E-state index in [1.165, 1.54) is 0 Å². The largest absolute Gasteiger partial charge is 0.332 e. The zero-order valence-corrected chi connectivity index (χ0v) is 18.9. The molecule has 1 fully saturated rings. The van der Waals surface area contributed by atoms with Gasteiger partial charge in [-0.25, -0.2) is 5.01 Å². The van der Waals surface area contributed by atoms with E-state index in [4.69, 9.17) is 28.3 Å². The number of hydrogen-bond donors (Lipinski definition) is 1. The van der Waals surface area contributed by atoms with E-state index in [-0.39, 0.29) is 11.9 Å². The number of halogens is 2. The van der Waals surface area contributed by atoms with Crippen LogP contribution in [-0.4, -0.2) is 53.2 Å². The number of hydrogen-bond acceptors (Lipinski definition) is 4. The molecule has 1 amide bonds. The first-order valence-corrected chi connectivity index (χ1v) is 11.2. The van der Waals surface area contributed by atoms with E-state index in [9.17, 15) is 10.1 Å². The van der Waals surface area contributed by atoms with E-state index >= 15 is 0 Å². The van der Waals surface area contributed by atoms with E-state index in [1.54, 1.807) is 17.1 Å². The van der Waals surface area contributed by atoms with Crippen LogP contribution in [0, 0.1) is 11.5 Å². The number of amides is 1. The molecule has 2 aliphatic rings. The Morgan fingerprint density at radius 3 is 2.69 bits per heavy atom. The number of guanidine groups is 1. The summed E-state index contributed by atoms with van der Waals surface area (Å²) in [6, 6.07) is 14.8. The molecule has 2 heterocycles. The SMILES string of the molecule is N#CNC(=NCCc1ccccc1Cl)N1CC(N2CCCC2=O)C(c2ccc(Cl)cc2)=N1. The van der Waals surface area contributed by atoms with Crippen molar-refractivity contribution in [1.29, 1.82) is 5.26 Å². The van der Waals surface area contributed by atoms with Gasteiger partial charge in [-0.3, -0.25) is 15.1 Å². The zero-order valence-electron chi connectivity index (χ0n) is 17.3. The van der Waals surface area contributed by atoms with Crippen LogP contribution in [-0.2, 0) is 11.2 Å². The maximum atomic E-state index is 12.5. The lowest BCUT2D eigenvalue weighted by atomic mass is 10.0. The number of hydrazone groups is 1. The summed E-state index contributed by atoms with van der Waals surface area (Å²) in [5.41, 5.74) is 2.63. The van der Waals surface area contributed by atoms with Crippen molar-refractivity contribution in [3.8, 4) is 6.19 Å². The van der Waals surface area contributed by atoms with Crippen molar-refractivity contribution in [2.75, 3.05) is 19.6 Å². The van der Waals surface area contributed by atoms with Crippen molar-refractivity contribution in [1.82, 2.24) is 15.2 Å². The lowest BCUT2D eigenvalue weighted by Crippen LogP contribution is -2.45. The van der Waals surface area contributed by atoms with Crippen LogP contribution in [0.15, 0.2) is 58.6 Å². The highest BCUT2D eigenvalue weighted by molar-refractivity contribution is 6.31. The van der Waals surface area contributed by atoms with Crippen LogP contribution in [0.3, 0.4) is 0 Å². The van der Waals surface area contributed by atoms with Crippen molar-refractivity contribution >= 4 is 40.8 Å². The molecule has 0 radical (unpaired) electrons. The molecule has 2 aromatic carbocycles. The predicted octanol–water partition coefficient (Wildman–Crippen LogP) is 3.67. The summed E-state index contributed by atoms with van der Waals surface area (Å²) < 4.78 is 0. The average Bonchev–Trinajstić information content (AvgIpc) is 3.41. The fraction of sp³-hybridized carbons (Fsp3) is 0.304. The van der Waals surface area contributed by atoms with Crippen molar-refractivity contribution in [3.05, 3.63) is 69.7 Å². The molecule has 4 rings (SSSR count). The van der Waals surface area contributed by atoms with E-state index in [0.29, 0.717) is 48.5 Å². The third kappa shape index (κ3) is 4.87. The highest BCUT2D eigenvalue weighted by Crippen LogP contribution is 2.24. The minimum atomic E-state index is -0.222. The average molecular weight is 469 g/mol. The van der Waals surface area contributed by atoms with Gasteiger partial charge in [0.05, 0.1) is 18.3 Å². The van der Waals surface area contributed by atoms with Crippen LogP contribution >= 0.6 is 23.2 Å². The monoisotopic (exact) mass is 468 g/mol. The van der Waals surface area contributed by atoms with Gasteiger partial charge in [-0.2, -0.15) is 10.4 Å². The molecular weight excluding hydrogens is 447 g/mol. The molecule has 1 unspecified atom stereocenters. The Morgan fingerprint density at radius 1 is 1.22 bits per heavy atom. The standard InChI is InChI=1S/C23H22Cl2N6O/c24-18-9-7-17(8-10-18)22-20(30-13-3-6-21(30)32)14-31(29-22)23(28-15-26)27-12-11-16-4-1-2-5-19(16)25/h1-2,4-5,7-10,20H,3,6,11-14H2,(H,27,28). The van der Waals surface area contributed by atoms with Gasteiger partial charge in [0.25, 0.3) is 0 Å². The van der Waals surface area contributed by atoms with Crippen LogP contribution in [0.25, 0.3) is 0 Å². The third-order valence-electron chi connectivity index (χ3n) is 5.53. The van der Waals surface area contributed by atoms with E-state index in [0.717, 1.165) is 23.3 Å². The summed E-state index contributed by atoms with van der Waals surface area (Å²) in [6.07, 6.45) is 3.95. The number of nitrogens with one attached hydrogen (secondary N) is 1. The van der Waals surface area contributed by atoms with Gasteiger partial charge >= 0.3 is 0 Å². The van der Waals surface area contributed by atoms with Crippen LogP contribution < -0.4 is 5.32 Å². The van der Waals surface area contributed by atoms with Crippen LogP contribution in [0.1, 0.15) is 24.0 Å². The molecule has 0 spiro atoms. The number of nitriles is 1. The van der Waals surface area contributed by atoms with Gasteiger partial charge in [-0.15, -0.1) is 0 Å². The normalized spacial score (nSPS) is 18.7. The fourth-order valence-electron chi connectivity index (χ4n) is 3.96. The second-order valence-electron chi connectivity index (χ2n) is 7.56. The Morgan fingerprint density at radius 2 is 2.00 bits per heavy atom. The van der Waals surface area contributed by atoms with Crippen molar-refractivity contribution < 1.29 is 4.79 Å². The number of likely N-dealkylation sites (tertiary alicyclic amines) is 1. The van der Waals surface area contributed by atoms with Gasteiger partial charge in [0.15, 0.2) is 6.19 Å². The van der Waals surface area contributed by atoms with Gasteiger partial charge in [0.2, 0.25) is 11.9 Å².